The van der Waals surface area contributed by atoms with E-state index in [-0.39, 0.29) is 25.6 Å². The summed E-state index contributed by atoms with van der Waals surface area (Å²) in [5, 5.41) is 72.3. The molecule has 0 saturated carbocycles. The maximum Gasteiger partial charge on any atom is 0.306 e. The van der Waals surface area contributed by atoms with Gasteiger partial charge in [-0.1, -0.05) is 184 Å². The first kappa shape index (κ1) is 66.8. The summed E-state index contributed by atoms with van der Waals surface area (Å²) in [7, 11) is 0. The van der Waals surface area contributed by atoms with Gasteiger partial charge in [-0.3, -0.25) is 4.79 Å². The first-order valence-electron chi connectivity index (χ1n) is 28.9. The molecule has 2 heterocycles. The van der Waals surface area contributed by atoms with Crippen molar-refractivity contribution in [2.75, 3.05) is 33.0 Å². The van der Waals surface area contributed by atoms with Crippen LogP contribution in [0.15, 0.2) is 60.8 Å². The number of unbranched alkanes of at least 4 members (excludes halogenated alkanes) is 22. The van der Waals surface area contributed by atoms with Crippen molar-refractivity contribution in [3.8, 4) is 0 Å². The third-order valence-electron chi connectivity index (χ3n) is 13.5. The van der Waals surface area contributed by atoms with Gasteiger partial charge in [0.05, 0.1) is 26.4 Å². The molecule has 0 radical (unpaired) electrons. The molecule has 11 unspecified atom stereocenters. The maximum atomic E-state index is 13.1. The Labute approximate surface area is 441 Å². The Bertz CT molecular complexity index is 1440. The molecule has 14 heteroatoms. The summed E-state index contributed by atoms with van der Waals surface area (Å²) >= 11 is 0. The van der Waals surface area contributed by atoms with E-state index in [9.17, 15) is 40.5 Å². The van der Waals surface area contributed by atoms with Crippen molar-refractivity contribution < 1.29 is 69.0 Å². The number of ether oxygens (including phenoxy) is 6. The van der Waals surface area contributed by atoms with E-state index >= 15 is 0 Å². The molecule has 2 rings (SSSR count). The fourth-order valence-corrected chi connectivity index (χ4v) is 8.86. The molecule has 2 saturated heterocycles. The van der Waals surface area contributed by atoms with E-state index < -0.39 is 80.7 Å². The monoisotopic (exact) mass is 1040 g/mol. The summed E-state index contributed by atoms with van der Waals surface area (Å²) in [6, 6.07) is 0. The second-order valence-electron chi connectivity index (χ2n) is 20.1. The number of allylic oxidation sites excluding steroid dienone is 10. The van der Waals surface area contributed by atoms with Gasteiger partial charge in [0, 0.05) is 13.0 Å². The molecular weight excluding hydrogens is 933 g/mol. The number of aliphatic hydroxyl groups is 7. The van der Waals surface area contributed by atoms with Gasteiger partial charge in [0.25, 0.3) is 0 Å². The van der Waals surface area contributed by atoms with Crippen molar-refractivity contribution in [2.45, 2.75) is 274 Å². The molecule has 14 nitrogen and oxygen atoms in total. The highest BCUT2D eigenvalue weighted by Crippen LogP contribution is 2.26. The minimum atomic E-state index is -1.71. The molecule has 0 spiro atoms. The van der Waals surface area contributed by atoms with Gasteiger partial charge in [-0.15, -0.1) is 0 Å². The van der Waals surface area contributed by atoms with Crippen LogP contribution in [-0.4, -0.2) is 142 Å². The second kappa shape index (κ2) is 45.8. The standard InChI is InChI=1S/C59H104O14/c1-3-5-7-9-11-13-15-17-19-21-22-23-24-25-26-27-28-30-32-34-36-38-40-42-51(61)71-48(45-68-43-41-39-37-35-33-31-29-20-18-16-14-12-10-8-6-4-2)46-69-58-57(67)55(65)53(63)50(73-58)47-70-59-56(66)54(64)52(62)49(44-60)72-59/h6,8,12,14-15,17-18,20-22,48-50,52-60,62-67H,3-5,7,9-11,13,16,19,23-47H2,1-2H3/b8-6-,14-12-,17-15-,20-18-,22-21-. The maximum absolute atomic E-state index is 13.1. The van der Waals surface area contributed by atoms with Gasteiger partial charge in [0.1, 0.15) is 54.9 Å². The van der Waals surface area contributed by atoms with Crippen molar-refractivity contribution in [1.29, 1.82) is 0 Å². The van der Waals surface area contributed by atoms with E-state index in [1.54, 1.807) is 0 Å². The molecule has 2 aliphatic rings. The van der Waals surface area contributed by atoms with Crippen molar-refractivity contribution in [3.63, 3.8) is 0 Å². The number of carbonyl (C=O) groups excluding carboxylic acids is 1. The minimum Gasteiger partial charge on any atom is -0.457 e. The van der Waals surface area contributed by atoms with Crippen LogP contribution in [0.4, 0.5) is 0 Å². The summed E-state index contributed by atoms with van der Waals surface area (Å²) in [4.78, 5) is 13.1. The van der Waals surface area contributed by atoms with Gasteiger partial charge in [-0.05, 0) is 77.0 Å². The van der Waals surface area contributed by atoms with Crippen molar-refractivity contribution >= 4 is 5.97 Å². The molecule has 7 N–H and O–H groups in total. The number of aliphatic hydroxyl groups excluding tert-OH is 7. The molecular formula is C59H104O14. The van der Waals surface area contributed by atoms with Gasteiger partial charge in [0.2, 0.25) is 0 Å². The highest BCUT2D eigenvalue weighted by molar-refractivity contribution is 5.69. The van der Waals surface area contributed by atoms with Crippen LogP contribution >= 0.6 is 0 Å². The van der Waals surface area contributed by atoms with Gasteiger partial charge >= 0.3 is 5.97 Å². The third-order valence-corrected chi connectivity index (χ3v) is 13.5. The van der Waals surface area contributed by atoms with Gasteiger partial charge < -0.3 is 64.2 Å². The van der Waals surface area contributed by atoms with E-state index in [2.05, 4.69) is 74.6 Å². The smallest absolute Gasteiger partial charge is 0.306 e. The molecule has 0 amide bonds. The summed E-state index contributed by atoms with van der Waals surface area (Å²) < 4.78 is 34.4. The molecule has 0 aromatic heterocycles. The Morgan fingerprint density at radius 2 is 0.890 bits per heavy atom. The van der Waals surface area contributed by atoms with Crippen LogP contribution < -0.4 is 0 Å². The lowest BCUT2D eigenvalue weighted by Crippen LogP contribution is -2.61. The molecule has 2 aliphatic heterocycles. The fraction of sp³-hybridized carbons (Fsp3) is 0.814. The zero-order valence-corrected chi connectivity index (χ0v) is 45.4. The molecule has 0 aromatic rings. The van der Waals surface area contributed by atoms with Crippen LogP contribution in [-0.2, 0) is 33.2 Å². The Hall–Kier alpha value is -2.31. The minimum absolute atomic E-state index is 0.0502. The summed E-state index contributed by atoms with van der Waals surface area (Å²) in [6.45, 7) is 3.54. The average Bonchev–Trinajstić information content (AvgIpc) is 3.39. The number of carbonyl (C=O) groups is 1. The van der Waals surface area contributed by atoms with Crippen LogP contribution in [0.2, 0.25) is 0 Å². The summed E-state index contributed by atoms with van der Waals surface area (Å²) in [5.41, 5.74) is 0. The zero-order valence-electron chi connectivity index (χ0n) is 45.4. The Balaban J connectivity index is 1.71. The van der Waals surface area contributed by atoms with E-state index in [1.807, 2.05) is 0 Å². The fourth-order valence-electron chi connectivity index (χ4n) is 8.86. The van der Waals surface area contributed by atoms with Crippen LogP contribution in [0.1, 0.15) is 206 Å². The molecule has 0 aliphatic carbocycles. The lowest BCUT2D eigenvalue weighted by atomic mass is 9.98. The van der Waals surface area contributed by atoms with Crippen molar-refractivity contribution in [1.82, 2.24) is 0 Å². The van der Waals surface area contributed by atoms with Crippen LogP contribution in [0, 0.1) is 0 Å². The average molecular weight is 1040 g/mol. The van der Waals surface area contributed by atoms with Gasteiger partial charge in [-0.25, -0.2) is 0 Å². The SMILES string of the molecule is CC/C=C\C/C=C\C/C=C\CCCCCCCCOCC(COC1OC(COC2OC(CO)C(O)C(O)C2O)C(O)C(O)C1O)OC(=O)CCCCCCCCCCCCC/C=C\C/C=C\CCCCCCC. The largest absolute Gasteiger partial charge is 0.457 e. The van der Waals surface area contributed by atoms with E-state index in [0.29, 0.717) is 13.0 Å². The number of esters is 1. The van der Waals surface area contributed by atoms with E-state index in [1.165, 1.54) is 103 Å². The predicted octanol–water partition coefficient (Wildman–Crippen LogP) is 10.1. The normalized spacial score (nSPS) is 25.4. The molecule has 0 aromatic carbocycles. The number of rotatable bonds is 46. The Kier molecular flexibility index (Phi) is 42.0. The van der Waals surface area contributed by atoms with Crippen molar-refractivity contribution in [3.05, 3.63) is 60.8 Å². The van der Waals surface area contributed by atoms with Crippen LogP contribution in [0.5, 0.6) is 0 Å². The lowest BCUT2D eigenvalue weighted by molar-refractivity contribution is -0.332. The summed E-state index contributed by atoms with van der Waals surface area (Å²) in [5.74, 6) is -0.384. The van der Waals surface area contributed by atoms with E-state index in [0.717, 1.165) is 77.0 Å². The lowest BCUT2D eigenvalue weighted by Gasteiger charge is -2.42. The van der Waals surface area contributed by atoms with Gasteiger partial charge in [-0.2, -0.15) is 0 Å². The van der Waals surface area contributed by atoms with Gasteiger partial charge in [0.15, 0.2) is 12.6 Å². The highest BCUT2D eigenvalue weighted by Gasteiger charge is 2.47. The summed E-state index contributed by atoms with van der Waals surface area (Å²) in [6.07, 6.45) is 39.9. The first-order valence-corrected chi connectivity index (χ1v) is 28.9. The van der Waals surface area contributed by atoms with Crippen molar-refractivity contribution in [2.24, 2.45) is 0 Å². The second-order valence-corrected chi connectivity index (χ2v) is 20.1. The first-order chi connectivity index (χ1) is 35.6. The molecule has 11 atom stereocenters. The molecule has 73 heavy (non-hydrogen) atoms. The van der Waals surface area contributed by atoms with E-state index in [4.69, 9.17) is 28.4 Å². The van der Waals surface area contributed by atoms with Crippen LogP contribution in [0.25, 0.3) is 0 Å². The number of hydrogen-bond donors (Lipinski definition) is 7. The van der Waals surface area contributed by atoms with Crippen LogP contribution in [0.3, 0.4) is 0 Å². The quantitative estimate of drug-likeness (QED) is 0.0172. The topological polar surface area (TPSA) is 214 Å². The molecule has 424 valence electrons. The Morgan fingerprint density at radius 3 is 1.40 bits per heavy atom. The predicted molar refractivity (Wildman–Crippen MR) is 289 cm³/mol. The number of hydrogen-bond acceptors (Lipinski definition) is 14. The Morgan fingerprint density at radius 1 is 0.466 bits per heavy atom. The highest BCUT2D eigenvalue weighted by atomic mass is 16.7. The molecule has 0 bridgehead atoms. The third kappa shape index (κ3) is 32.8. The molecule has 2 fully saturated rings. The zero-order chi connectivity index (χ0) is 53.0.